The van der Waals surface area contributed by atoms with Gasteiger partial charge < -0.3 is 14.8 Å². The van der Waals surface area contributed by atoms with Crippen molar-refractivity contribution in [3.8, 4) is 17.6 Å². The summed E-state index contributed by atoms with van der Waals surface area (Å²) in [5.74, 6) is 0.105. The fraction of sp³-hybridized carbons (Fsp3) is 0.120. The zero-order valence-electron chi connectivity index (χ0n) is 17.5. The van der Waals surface area contributed by atoms with Crippen LogP contribution in [0.1, 0.15) is 16.7 Å². The Labute approximate surface area is 199 Å². The van der Waals surface area contributed by atoms with E-state index in [0.717, 1.165) is 9.13 Å². The zero-order chi connectivity index (χ0) is 23.1. The molecule has 0 bridgehead atoms. The molecule has 0 spiro atoms. The second kappa shape index (κ2) is 10.8. The smallest absolute Gasteiger partial charge is 0.266 e. The first-order valence-corrected chi connectivity index (χ1v) is 10.7. The molecule has 0 saturated heterocycles. The number of aryl methyl sites for hydroxylation is 1. The summed E-state index contributed by atoms with van der Waals surface area (Å²) in [6, 6.07) is 18.9. The Morgan fingerprint density at radius 2 is 1.97 bits per heavy atom. The average molecular weight is 542 g/mol. The first-order chi connectivity index (χ1) is 15.4. The molecule has 0 radical (unpaired) electrons. The number of ether oxygens (including phenoxy) is 2. The maximum absolute atomic E-state index is 13.4. The molecule has 32 heavy (non-hydrogen) atoms. The van der Waals surface area contributed by atoms with E-state index in [9.17, 15) is 14.4 Å². The summed E-state index contributed by atoms with van der Waals surface area (Å²) in [5, 5.41) is 12.2. The molecule has 1 amide bonds. The van der Waals surface area contributed by atoms with Crippen LogP contribution in [0.25, 0.3) is 6.08 Å². The lowest BCUT2D eigenvalue weighted by atomic mass is 10.1. The maximum Gasteiger partial charge on any atom is 0.266 e. The van der Waals surface area contributed by atoms with E-state index < -0.39 is 5.91 Å². The van der Waals surface area contributed by atoms with Crippen LogP contribution in [0.3, 0.4) is 0 Å². The van der Waals surface area contributed by atoms with Crippen LogP contribution in [0.5, 0.6) is 11.5 Å². The van der Waals surface area contributed by atoms with Gasteiger partial charge in [0.2, 0.25) is 0 Å². The molecular weight excluding hydrogens is 522 g/mol. The molecule has 0 saturated carbocycles. The molecule has 0 heterocycles. The lowest BCUT2D eigenvalue weighted by Gasteiger charge is -2.14. The second-order valence-corrected chi connectivity index (χ2v) is 8.11. The number of carbonyl (C=O) groups excluding carboxylic acids is 1. The molecule has 0 fully saturated rings. The fourth-order valence-corrected chi connectivity index (χ4v) is 3.76. The third kappa shape index (κ3) is 6.08. The number of amides is 1. The van der Waals surface area contributed by atoms with Crippen molar-refractivity contribution in [2.24, 2.45) is 0 Å². The Hall–Kier alpha value is -3.38. The van der Waals surface area contributed by atoms with Crippen LogP contribution in [-0.4, -0.2) is 13.0 Å². The van der Waals surface area contributed by atoms with Gasteiger partial charge in [0.25, 0.3) is 5.91 Å². The number of nitrogens with zero attached hydrogens (tertiary/aromatic N) is 1. The molecule has 7 heteroatoms. The van der Waals surface area contributed by atoms with Crippen LogP contribution in [0.4, 0.5) is 10.1 Å². The van der Waals surface area contributed by atoms with Gasteiger partial charge in [-0.3, -0.25) is 4.79 Å². The van der Waals surface area contributed by atoms with Crippen molar-refractivity contribution in [1.29, 1.82) is 5.26 Å². The van der Waals surface area contributed by atoms with Gasteiger partial charge in [-0.2, -0.15) is 5.26 Å². The van der Waals surface area contributed by atoms with Crippen molar-refractivity contribution in [2.75, 3.05) is 12.4 Å². The Bertz CT molecular complexity index is 1220. The number of carbonyl (C=O) groups is 1. The van der Waals surface area contributed by atoms with Gasteiger partial charge in [0, 0.05) is 5.69 Å². The van der Waals surface area contributed by atoms with Gasteiger partial charge in [-0.25, -0.2) is 4.39 Å². The molecule has 0 aliphatic heterocycles. The molecule has 5 nitrogen and oxygen atoms in total. The molecule has 162 valence electrons. The number of hydrogen-bond acceptors (Lipinski definition) is 4. The lowest BCUT2D eigenvalue weighted by Crippen LogP contribution is -2.13. The SMILES string of the molecule is COc1cc(/C=C(/C#N)C(=O)Nc2cccc(C)c2)cc(I)c1OCc1cccc(F)c1. The van der Waals surface area contributed by atoms with E-state index >= 15 is 0 Å². The molecular formula is C25H20FIN2O3. The number of halogens is 2. The number of nitrogens with one attached hydrogen (secondary N) is 1. The average Bonchev–Trinajstić information content (AvgIpc) is 2.76. The molecule has 0 atom stereocenters. The van der Waals surface area contributed by atoms with Crippen molar-refractivity contribution in [3.05, 3.63) is 92.3 Å². The third-order valence-corrected chi connectivity index (χ3v) is 5.28. The second-order valence-electron chi connectivity index (χ2n) is 6.95. The van der Waals surface area contributed by atoms with Gasteiger partial charge in [0.1, 0.15) is 24.1 Å². The Morgan fingerprint density at radius 3 is 2.66 bits per heavy atom. The van der Waals surface area contributed by atoms with Gasteiger partial charge in [0.15, 0.2) is 11.5 Å². The van der Waals surface area contributed by atoms with E-state index in [1.54, 1.807) is 30.3 Å². The van der Waals surface area contributed by atoms with E-state index in [-0.39, 0.29) is 18.0 Å². The van der Waals surface area contributed by atoms with Gasteiger partial charge in [0.05, 0.1) is 10.7 Å². The van der Waals surface area contributed by atoms with Gasteiger partial charge >= 0.3 is 0 Å². The predicted octanol–water partition coefficient (Wildman–Crippen LogP) is 5.87. The Kier molecular flexibility index (Phi) is 7.84. The predicted molar refractivity (Wildman–Crippen MR) is 130 cm³/mol. The third-order valence-electron chi connectivity index (χ3n) is 4.48. The van der Waals surface area contributed by atoms with E-state index in [2.05, 4.69) is 27.9 Å². The highest BCUT2D eigenvalue weighted by Gasteiger charge is 2.14. The van der Waals surface area contributed by atoms with E-state index in [1.807, 2.05) is 31.2 Å². The number of nitriles is 1. The topological polar surface area (TPSA) is 71.3 Å². The van der Waals surface area contributed by atoms with Crippen LogP contribution in [0.15, 0.2) is 66.2 Å². The minimum Gasteiger partial charge on any atom is -0.493 e. The van der Waals surface area contributed by atoms with Crippen LogP contribution in [0, 0.1) is 27.6 Å². The van der Waals surface area contributed by atoms with Crippen LogP contribution < -0.4 is 14.8 Å². The van der Waals surface area contributed by atoms with Gasteiger partial charge in [-0.05, 0) is 88.7 Å². The summed E-state index contributed by atoms with van der Waals surface area (Å²) in [5.41, 5.74) is 2.87. The quantitative estimate of drug-likeness (QED) is 0.230. The van der Waals surface area contributed by atoms with E-state index in [0.29, 0.717) is 28.3 Å². The minimum absolute atomic E-state index is 0.0437. The summed E-state index contributed by atoms with van der Waals surface area (Å²) in [7, 11) is 1.50. The first-order valence-electron chi connectivity index (χ1n) is 9.64. The van der Waals surface area contributed by atoms with Crippen molar-refractivity contribution in [2.45, 2.75) is 13.5 Å². The summed E-state index contributed by atoms with van der Waals surface area (Å²) < 4.78 is 25.4. The molecule has 0 aliphatic rings. The molecule has 3 rings (SSSR count). The first kappa shape index (κ1) is 23.3. The van der Waals surface area contributed by atoms with E-state index in [4.69, 9.17) is 9.47 Å². The molecule has 1 N–H and O–H groups in total. The Balaban J connectivity index is 1.82. The highest BCUT2D eigenvalue weighted by atomic mass is 127. The zero-order valence-corrected chi connectivity index (χ0v) is 19.6. The van der Waals surface area contributed by atoms with Crippen molar-refractivity contribution in [3.63, 3.8) is 0 Å². The van der Waals surface area contributed by atoms with Crippen molar-refractivity contribution >= 4 is 40.3 Å². The number of rotatable bonds is 7. The number of hydrogen-bond donors (Lipinski definition) is 1. The molecule has 3 aromatic carbocycles. The monoisotopic (exact) mass is 542 g/mol. The molecule has 0 unspecified atom stereocenters. The number of anilines is 1. The number of methoxy groups -OCH3 is 1. The maximum atomic E-state index is 13.4. The van der Waals surface area contributed by atoms with E-state index in [1.165, 1.54) is 25.3 Å². The largest absolute Gasteiger partial charge is 0.493 e. The number of benzene rings is 3. The molecule has 0 aliphatic carbocycles. The standard InChI is InChI=1S/C25H20FIN2O3/c1-16-5-3-8-21(9-16)29-25(30)19(14-28)10-18-12-22(27)24(23(13-18)31-2)32-15-17-6-4-7-20(26)11-17/h3-13H,15H2,1-2H3,(H,29,30)/b19-10-. The van der Waals surface area contributed by atoms with Crippen LogP contribution in [-0.2, 0) is 11.4 Å². The van der Waals surface area contributed by atoms with Gasteiger partial charge in [-0.1, -0.05) is 24.3 Å². The highest BCUT2D eigenvalue weighted by Crippen LogP contribution is 2.35. The fourth-order valence-electron chi connectivity index (χ4n) is 2.98. The van der Waals surface area contributed by atoms with Crippen molar-refractivity contribution in [1.82, 2.24) is 0 Å². The molecule has 3 aromatic rings. The van der Waals surface area contributed by atoms with Gasteiger partial charge in [-0.15, -0.1) is 0 Å². The lowest BCUT2D eigenvalue weighted by molar-refractivity contribution is -0.112. The van der Waals surface area contributed by atoms with Crippen molar-refractivity contribution < 1.29 is 18.7 Å². The minimum atomic E-state index is -0.501. The summed E-state index contributed by atoms with van der Waals surface area (Å²) in [6.07, 6.45) is 1.49. The molecule has 0 aromatic heterocycles. The summed E-state index contributed by atoms with van der Waals surface area (Å²) in [4.78, 5) is 12.6. The normalized spacial score (nSPS) is 10.9. The summed E-state index contributed by atoms with van der Waals surface area (Å²) in [6.45, 7) is 2.09. The summed E-state index contributed by atoms with van der Waals surface area (Å²) >= 11 is 2.09. The van der Waals surface area contributed by atoms with Crippen LogP contribution >= 0.6 is 22.6 Å². The van der Waals surface area contributed by atoms with Crippen LogP contribution in [0.2, 0.25) is 0 Å². The Morgan fingerprint density at radius 1 is 1.19 bits per heavy atom. The highest BCUT2D eigenvalue weighted by molar-refractivity contribution is 14.1.